The molecule has 20 heavy (non-hydrogen) atoms. The van der Waals surface area contributed by atoms with Crippen LogP contribution in [0.25, 0.3) is 0 Å². The molecule has 108 valence electrons. The van der Waals surface area contributed by atoms with Gasteiger partial charge in [-0.1, -0.05) is 29.8 Å². The molecule has 0 saturated carbocycles. The van der Waals surface area contributed by atoms with Crippen LogP contribution in [0.5, 0.6) is 0 Å². The number of rotatable bonds is 4. The minimum atomic E-state index is -0.329. The minimum absolute atomic E-state index is 0.0494. The van der Waals surface area contributed by atoms with Crippen LogP contribution in [-0.4, -0.2) is 36.0 Å². The Hall–Kier alpha value is -1.59. The lowest BCUT2D eigenvalue weighted by atomic mass is 10.1. The van der Waals surface area contributed by atoms with Crippen LogP contribution in [0.4, 0.5) is 4.79 Å². The Kier molecular flexibility index (Phi) is 4.62. The first-order chi connectivity index (χ1) is 9.50. The number of quaternary nitrogens is 1. The Morgan fingerprint density at radius 3 is 2.70 bits per heavy atom. The molecule has 2 atom stereocenters. The zero-order chi connectivity index (χ0) is 14.7. The molecule has 6 heteroatoms. The predicted molar refractivity (Wildman–Crippen MR) is 76.4 cm³/mol. The fourth-order valence-corrected chi connectivity index (χ4v) is 2.70. The van der Waals surface area contributed by atoms with Gasteiger partial charge in [-0.2, -0.15) is 0 Å². The second kappa shape index (κ2) is 6.24. The van der Waals surface area contributed by atoms with Crippen LogP contribution in [-0.2, 0) is 4.79 Å². The molecule has 3 N–H and O–H groups in total. The van der Waals surface area contributed by atoms with Gasteiger partial charge in [0.2, 0.25) is 0 Å². The van der Waals surface area contributed by atoms with Crippen LogP contribution in [0.2, 0.25) is 5.02 Å². The first-order valence-corrected chi connectivity index (χ1v) is 7.07. The van der Waals surface area contributed by atoms with Crippen molar-refractivity contribution in [3.05, 3.63) is 34.9 Å². The van der Waals surface area contributed by atoms with E-state index in [2.05, 4.69) is 5.32 Å². The quantitative estimate of drug-likeness (QED) is 0.867. The van der Waals surface area contributed by atoms with Gasteiger partial charge in [0.05, 0.1) is 0 Å². The van der Waals surface area contributed by atoms with Crippen LogP contribution >= 0.6 is 11.6 Å². The first kappa shape index (κ1) is 14.8. The van der Waals surface area contributed by atoms with Crippen molar-refractivity contribution >= 4 is 23.5 Å². The van der Waals surface area contributed by atoms with E-state index in [9.17, 15) is 9.59 Å². The number of imide groups is 1. The number of carbonyl (C=O) groups is 2. The van der Waals surface area contributed by atoms with Crippen molar-refractivity contribution in [2.45, 2.75) is 25.9 Å². The Labute approximate surface area is 123 Å². The predicted octanol–water partition coefficient (Wildman–Crippen LogP) is 0.905. The molecular weight excluding hydrogens is 278 g/mol. The molecule has 1 heterocycles. The molecule has 1 aromatic rings. The summed E-state index contributed by atoms with van der Waals surface area (Å²) in [5.74, 6) is -0.168. The van der Waals surface area contributed by atoms with Crippen LogP contribution in [0.3, 0.4) is 0 Å². The minimum Gasteiger partial charge on any atom is -0.336 e. The maximum atomic E-state index is 12.2. The Morgan fingerprint density at radius 2 is 2.10 bits per heavy atom. The van der Waals surface area contributed by atoms with E-state index < -0.39 is 0 Å². The van der Waals surface area contributed by atoms with Crippen molar-refractivity contribution in [3.63, 3.8) is 0 Å². The summed E-state index contributed by atoms with van der Waals surface area (Å²) in [5, 5.41) is 5.25. The fourth-order valence-electron chi connectivity index (χ4n) is 2.39. The summed E-state index contributed by atoms with van der Waals surface area (Å²) in [5.41, 5.74) is 0.986. The van der Waals surface area contributed by atoms with Gasteiger partial charge in [0.25, 0.3) is 5.91 Å². The number of urea groups is 1. The van der Waals surface area contributed by atoms with E-state index >= 15 is 0 Å². The molecule has 1 aromatic carbocycles. The van der Waals surface area contributed by atoms with Crippen LogP contribution in [0.1, 0.15) is 25.5 Å². The van der Waals surface area contributed by atoms with E-state index in [1.54, 1.807) is 6.92 Å². The van der Waals surface area contributed by atoms with Gasteiger partial charge in [-0.3, -0.25) is 9.69 Å². The highest BCUT2D eigenvalue weighted by molar-refractivity contribution is 6.31. The number of hydrogen-bond acceptors (Lipinski definition) is 2. The molecular formula is C14H19ClN3O2+. The van der Waals surface area contributed by atoms with E-state index in [4.69, 9.17) is 11.6 Å². The number of nitrogens with two attached hydrogens (primary N) is 1. The molecule has 5 nitrogen and oxygen atoms in total. The van der Waals surface area contributed by atoms with Crippen molar-refractivity contribution in [3.8, 4) is 0 Å². The highest BCUT2D eigenvalue weighted by atomic mass is 35.5. The van der Waals surface area contributed by atoms with E-state index in [0.29, 0.717) is 18.1 Å². The molecule has 0 aliphatic carbocycles. The van der Waals surface area contributed by atoms with Crippen molar-refractivity contribution in [2.75, 3.05) is 13.1 Å². The van der Waals surface area contributed by atoms with E-state index in [1.165, 1.54) is 4.90 Å². The first-order valence-electron chi connectivity index (χ1n) is 6.69. The van der Waals surface area contributed by atoms with E-state index in [-0.39, 0.29) is 24.0 Å². The number of amides is 3. The lowest BCUT2D eigenvalue weighted by Crippen LogP contribution is -2.92. The summed E-state index contributed by atoms with van der Waals surface area (Å²) in [4.78, 5) is 25.0. The summed E-state index contributed by atoms with van der Waals surface area (Å²) in [6, 6.07) is 7.00. The molecule has 1 aliphatic heterocycles. The van der Waals surface area contributed by atoms with Crippen molar-refractivity contribution in [1.82, 2.24) is 10.2 Å². The van der Waals surface area contributed by atoms with Gasteiger partial charge in [-0.05, 0) is 19.9 Å². The largest absolute Gasteiger partial charge is 0.336 e. The van der Waals surface area contributed by atoms with Gasteiger partial charge >= 0.3 is 6.03 Å². The Bertz CT molecular complexity index is 521. The number of benzene rings is 1. The van der Waals surface area contributed by atoms with Gasteiger partial charge in [-0.25, -0.2) is 4.79 Å². The average Bonchev–Trinajstić information content (AvgIpc) is 2.84. The summed E-state index contributed by atoms with van der Waals surface area (Å²) in [6.45, 7) is 4.77. The van der Waals surface area contributed by atoms with E-state index in [1.807, 2.05) is 36.5 Å². The average molecular weight is 297 g/mol. The third kappa shape index (κ3) is 3.11. The molecule has 0 aromatic heterocycles. The van der Waals surface area contributed by atoms with Gasteiger partial charge in [-0.15, -0.1) is 0 Å². The zero-order valence-electron chi connectivity index (χ0n) is 11.6. The molecule has 0 unspecified atom stereocenters. The molecule has 3 amide bonds. The molecule has 1 saturated heterocycles. The van der Waals surface area contributed by atoms with Crippen molar-refractivity contribution in [2.24, 2.45) is 0 Å². The molecule has 1 aliphatic rings. The zero-order valence-corrected chi connectivity index (χ0v) is 12.4. The molecule has 1 fully saturated rings. The third-order valence-corrected chi connectivity index (χ3v) is 3.83. The number of nitrogens with one attached hydrogen (secondary N) is 1. The SMILES string of the molecule is C[C@H]([NH2+][C@H](C)c1ccccc1Cl)C(=O)N1CCNC1=O. The van der Waals surface area contributed by atoms with Gasteiger partial charge in [0, 0.05) is 23.7 Å². The summed E-state index contributed by atoms with van der Waals surface area (Å²) in [6.07, 6.45) is 0. The van der Waals surface area contributed by atoms with Crippen LogP contribution in [0.15, 0.2) is 24.3 Å². The topological polar surface area (TPSA) is 66.0 Å². The van der Waals surface area contributed by atoms with Crippen molar-refractivity contribution in [1.29, 1.82) is 0 Å². The van der Waals surface area contributed by atoms with E-state index in [0.717, 1.165) is 5.56 Å². The summed E-state index contributed by atoms with van der Waals surface area (Å²) < 4.78 is 0. The summed E-state index contributed by atoms with van der Waals surface area (Å²) in [7, 11) is 0. The number of nitrogens with zero attached hydrogens (tertiary/aromatic N) is 1. The Morgan fingerprint density at radius 1 is 1.40 bits per heavy atom. The maximum Gasteiger partial charge on any atom is 0.324 e. The second-order valence-electron chi connectivity index (χ2n) is 5.01. The fraction of sp³-hybridized carbons (Fsp3) is 0.429. The highest BCUT2D eigenvalue weighted by Crippen LogP contribution is 2.19. The van der Waals surface area contributed by atoms with Gasteiger partial charge in [0.1, 0.15) is 6.04 Å². The standard InChI is InChI=1S/C14H18ClN3O2/c1-9(11-5-3-4-6-12(11)15)17-10(2)13(19)18-8-7-16-14(18)20/h3-6,9-10,17H,7-8H2,1-2H3,(H,16,20)/p+1/t9-,10+/m1/s1. The number of hydrogen-bond donors (Lipinski definition) is 2. The number of carbonyl (C=O) groups excluding carboxylic acids is 2. The van der Waals surface area contributed by atoms with Crippen molar-refractivity contribution < 1.29 is 14.9 Å². The molecule has 0 spiro atoms. The van der Waals surface area contributed by atoms with Crippen LogP contribution in [0, 0.1) is 0 Å². The second-order valence-corrected chi connectivity index (χ2v) is 5.42. The monoisotopic (exact) mass is 296 g/mol. The van der Waals surface area contributed by atoms with Crippen LogP contribution < -0.4 is 10.6 Å². The third-order valence-electron chi connectivity index (χ3n) is 3.49. The molecule has 0 bridgehead atoms. The lowest BCUT2D eigenvalue weighted by Gasteiger charge is -2.20. The van der Waals surface area contributed by atoms with Gasteiger partial charge in [0.15, 0.2) is 6.04 Å². The smallest absolute Gasteiger partial charge is 0.324 e. The molecule has 0 radical (unpaired) electrons. The normalized spacial score (nSPS) is 17.8. The number of halogens is 1. The lowest BCUT2D eigenvalue weighted by molar-refractivity contribution is -0.710. The Balaban J connectivity index is 2.00. The summed E-state index contributed by atoms with van der Waals surface area (Å²) >= 11 is 6.15. The maximum absolute atomic E-state index is 12.2. The molecule has 2 rings (SSSR count). The highest BCUT2D eigenvalue weighted by Gasteiger charge is 2.32. The van der Waals surface area contributed by atoms with Gasteiger partial charge < -0.3 is 10.6 Å².